The Morgan fingerprint density at radius 1 is 1.60 bits per heavy atom. The first-order chi connectivity index (χ1) is 9.71. The van der Waals surface area contributed by atoms with E-state index in [1.807, 2.05) is 11.9 Å². The van der Waals surface area contributed by atoms with Gasteiger partial charge in [0, 0.05) is 25.3 Å². The second-order valence-corrected chi connectivity index (χ2v) is 5.16. The maximum Gasteiger partial charge on any atom is 0.259 e. The minimum atomic E-state index is 0.0166. The third-order valence-corrected chi connectivity index (χ3v) is 4.11. The molecule has 1 N–H and O–H groups in total. The topological polar surface area (TPSA) is 54.5 Å². The van der Waals surface area contributed by atoms with Crippen LogP contribution in [-0.4, -0.2) is 49.1 Å². The zero-order valence-electron chi connectivity index (χ0n) is 12.4. The lowest BCUT2D eigenvalue weighted by molar-refractivity contribution is 0.0627. The molecule has 0 saturated carbocycles. The van der Waals surface area contributed by atoms with Crippen molar-refractivity contribution in [2.45, 2.75) is 25.8 Å². The molecule has 1 aromatic rings. The highest BCUT2D eigenvalue weighted by Gasteiger charge is 2.30. The number of carbonyl (C=O) groups excluding carboxylic acids is 1. The summed E-state index contributed by atoms with van der Waals surface area (Å²) >= 11 is 0. The summed E-state index contributed by atoms with van der Waals surface area (Å²) < 4.78 is 5.18. The second kappa shape index (κ2) is 6.70. The summed E-state index contributed by atoms with van der Waals surface area (Å²) in [5, 5.41) is 3.35. The monoisotopic (exact) mass is 277 g/mol. The Balaban J connectivity index is 2.14. The quantitative estimate of drug-likeness (QED) is 0.907. The van der Waals surface area contributed by atoms with Crippen LogP contribution in [0.25, 0.3) is 0 Å². The lowest BCUT2D eigenvalue weighted by atomic mass is 9.90. The maximum atomic E-state index is 12.6. The molecule has 5 heteroatoms. The largest absolute Gasteiger partial charge is 0.480 e. The van der Waals surface area contributed by atoms with E-state index < -0.39 is 0 Å². The Morgan fingerprint density at radius 2 is 2.40 bits per heavy atom. The van der Waals surface area contributed by atoms with E-state index in [9.17, 15) is 4.79 Å². The molecule has 5 nitrogen and oxygen atoms in total. The van der Waals surface area contributed by atoms with Crippen molar-refractivity contribution in [1.29, 1.82) is 0 Å². The molecule has 1 aliphatic heterocycles. The molecule has 20 heavy (non-hydrogen) atoms. The number of hydrogen-bond donors (Lipinski definition) is 1. The van der Waals surface area contributed by atoms with Gasteiger partial charge in [0.05, 0.1) is 7.11 Å². The fourth-order valence-electron chi connectivity index (χ4n) is 2.90. The lowest BCUT2D eigenvalue weighted by Gasteiger charge is -2.38. The van der Waals surface area contributed by atoms with Crippen molar-refractivity contribution in [3.8, 4) is 5.88 Å². The van der Waals surface area contributed by atoms with Gasteiger partial charge >= 0.3 is 0 Å². The van der Waals surface area contributed by atoms with E-state index in [0.717, 1.165) is 25.9 Å². The summed E-state index contributed by atoms with van der Waals surface area (Å²) in [4.78, 5) is 18.6. The van der Waals surface area contributed by atoms with Crippen LogP contribution < -0.4 is 10.1 Å². The number of ether oxygens (including phenoxy) is 1. The van der Waals surface area contributed by atoms with E-state index in [4.69, 9.17) is 4.74 Å². The average molecular weight is 277 g/mol. The number of piperidine rings is 1. The maximum absolute atomic E-state index is 12.6. The van der Waals surface area contributed by atoms with Crippen molar-refractivity contribution >= 4 is 5.91 Å². The van der Waals surface area contributed by atoms with Gasteiger partial charge in [-0.1, -0.05) is 13.3 Å². The molecular weight excluding hydrogens is 254 g/mol. The average Bonchev–Trinajstić information content (AvgIpc) is 2.53. The zero-order valence-corrected chi connectivity index (χ0v) is 12.4. The molecule has 1 fully saturated rings. The molecule has 0 radical (unpaired) electrons. The van der Waals surface area contributed by atoms with Crippen LogP contribution in [-0.2, 0) is 0 Å². The molecule has 0 bridgehead atoms. The first-order valence-electron chi connectivity index (χ1n) is 7.16. The first kappa shape index (κ1) is 14.8. The molecule has 2 unspecified atom stereocenters. The van der Waals surface area contributed by atoms with Crippen molar-refractivity contribution in [3.63, 3.8) is 0 Å². The number of likely N-dealkylation sites (tertiary alicyclic amines) is 1. The first-order valence-corrected chi connectivity index (χ1v) is 7.16. The van der Waals surface area contributed by atoms with Gasteiger partial charge in [-0.2, -0.15) is 0 Å². The summed E-state index contributed by atoms with van der Waals surface area (Å²) in [6, 6.07) is 4.05. The summed E-state index contributed by atoms with van der Waals surface area (Å²) in [6.07, 6.45) is 3.69. The second-order valence-electron chi connectivity index (χ2n) is 5.16. The number of rotatable bonds is 4. The zero-order chi connectivity index (χ0) is 14.5. The summed E-state index contributed by atoms with van der Waals surface area (Å²) in [7, 11) is 3.54. The summed E-state index contributed by atoms with van der Waals surface area (Å²) in [6.45, 7) is 3.74. The van der Waals surface area contributed by atoms with Gasteiger partial charge < -0.3 is 15.0 Å². The molecule has 2 atom stereocenters. The molecule has 1 saturated heterocycles. The number of nitrogens with zero attached hydrogens (tertiary/aromatic N) is 2. The Bertz CT molecular complexity index is 464. The van der Waals surface area contributed by atoms with Gasteiger partial charge in [-0.15, -0.1) is 0 Å². The van der Waals surface area contributed by atoms with Crippen LogP contribution >= 0.6 is 0 Å². The van der Waals surface area contributed by atoms with E-state index >= 15 is 0 Å². The number of methoxy groups -OCH3 is 1. The van der Waals surface area contributed by atoms with Crippen LogP contribution in [0.5, 0.6) is 5.88 Å². The van der Waals surface area contributed by atoms with Crippen LogP contribution in [0.2, 0.25) is 0 Å². The minimum Gasteiger partial charge on any atom is -0.480 e. The van der Waals surface area contributed by atoms with Crippen molar-refractivity contribution in [2.24, 2.45) is 5.92 Å². The number of pyridine rings is 1. The SMILES string of the molecule is CCC1CN(C(=O)c2cccnc2OC)CCC1NC. The molecule has 0 aromatic carbocycles. The number of carbonyl (C=O) groups is 1. The number of nitrogens with one attached hydrogen (secondary N) is 1. The van der Waals surface area contributed by atoms with Gasteiger partial charge in [-0.05, 0) is 31.5 Å². The smallest absolute Gasteiger partial charge is 0.259 e. The van der Waals surface area contributed by atoms with E-state index in [2.05, 4.69) is 17.2 Å². The third kappa shape index (κ3) is 2.93. The summed E-state index contributed by atoms with van der Waals surface area (Å²) in [5.74, 6) is 0.921. The number of hydrogen-bond acceptors (Lipinski definition) is 4. The predicted molar refractivity (Wildman–Crippen MR) is 77.9 cm³/mol. The molecule has 110 valence electrons. The minimum absolute atomic E-state index is 0.0166. The highest BCUT2D eigenvalue weighted by atomic mass is 16.5. The molecule has 0 aliphatic carbocycles. The van der Waals surface area contributed by atoms with E-state index in [1.54, 1.807) is 25.4 Å². The molecule has 2 heterocycles. The van der Waals surface area contributed by atoms with E-state index in [0.29, 0.717) is 23.4 Å². The Labute approximate surface area is 120 Å². The molecule has 1 aliphatic rings. The lowest BCUT2D eigenvalue weighted by Crippen LogP contribution is -2.50. The van der Waals surface area contributed by atoms with Gasteiger partial charge in [0.25, 0.3) is 5.91 Å². The third-order valence-electron chi connectivity index (χ3n) is 4.11. The number of amides is 1. The number of aromatic nitrogens is 1. The van der Waals surface area contributed by atoms with Crippen LogP contribution in [0, 0.1) is 5.92 Å². The van der Waals surface area contributed by atoms with E-state index in [-0.39, 0.29) is 5.91 Å². The Kier molecular flexibility index (Phi) is 4.95. The molecule has 0 spiro atoms. The van der Waals surface area contributed by atoms with Gasteiger partial charge in [0.1, 0.15) is 5.56 Å². The highest BCUT2D eigenvalue weighted by Crippen LogP contribution is 2.23. The Hall–Kier alpha value is -1.62. The van der Waals surface area contributed by atoms with Gasteiger partial charge in [0.2, 0.25) is 5.88 Å². The van der Waals surface area contributed by atoms with E-state index in [1.165, 1.54) is 0 Å². The Morgan fingerprint density at radius 3 is 3.05 bits per heavy atom. The van der Waals surface area contributed by atoms with Crippen molar-refractivity contribution in [3.05, 3.63) is 23.9 Å². The standard InChI is InChI=1S/C15H23N3O2/c1-4-11-10-18(9-7-13(11)16-2)15(19)12-6-5-8-17-14(12)20-3/h5-6,8,11,13,16H,4,7,9-10H2,1-3H3. The molecule has 2 rings (SSSR count). The van der Waals surface area contributed by atoms with Crippen LogP contribution in [0.3, 0.4) is 0 Å². The fourth-order valence-corrected chi connectivity index (χ4v) is 2.90. The molecule has 1 aromatic heterocycles. The van der Waals surface area contributed by atoms with Gasteiger partial charge in [-0.25, -0.2) is 4.98 Å². The van der Waals surface area contributed by atoms with Gasteiger partial charge in [0.15, 0.2) is 0 Å². The van der Waals surface area contributed by atoms with Crippen molar-refractivity contribution < 1.29 is 9.53 Å². The van der Waals surface area contributed by atoms with Gasteiger partial charge in [-0.3, -0.25) is 4.79 Å². The van der Waals surface area contributed by atoms with Crippen LogP contribution in [0.15, 0.2) is 18.3 Å². The van der Waals surface area contributed by atoms with Crippen molar-refractivity contribution in [1.82, 2.24) is 15.2 Å². The highest BCUT2D eigenvalue weighted by molar-refractivity contribution is 5.96. The van der Waals surface area contributed by atoms with Crippen molar-refractivity contribution in [2.75, 3.05) is 27.2 Å². The normalized spacial score (nSPS) is 22.6. The van der Waals surface area contributed by atoms with Crippen LogP contribution in [0.4, 0.5) is 0 Å². The summed E-state index contributed by atoms with van der Waals surface area (Å²) in [5.41, 5.74) is 0.549. The van der Waals surface area contributed by atoms with Crippen LogP contribution in [0.1, 0.15) is 30.1 Å². The molecule has 1 amide bonds. The fraction of sp³-hybridized carbons (Fsp3) is 0.600. The predicted octanol–water partition coefficient (Wildman–Crippen LogP) is 1.55. The molecular formula is C15H23N3O2.